The van der Waals surface area contributed by atoms with Crippen molar-refractivity contribution in [2.45, 2.75) is 0 Å². The van der Waals surface area contributed by atoms with Crippen molar-refractivity contribution in [2.75, 3.05) is 0 Å². The second-order valence-corrected chi connectivity index (χ2v) is 4.18. The van der Waals surface area contributed by atoms with E-state index in [0.29, 0.717) is 0 Å². The van der Waals surface area contributed by atoms with Gasteiger partial charge in [0.1, 0.15) is 4.64 Å². The second-order valence-electron chi connectivity index (χ2n) is 2.91. The summed E-state index contributed by atoms with van der Waals surface area (Å²) >= 11 is 8.70. The molecule has 0 aliphatic carbocycles. The number of hydrogen-bond acceptors (Lipinski definition) is 1. The van der Waals surface area contributed by atoms with Crippen LogP contribution < -0.4 is 0 Å². The Balaban J connectivity index is 3.05. The first-order chi connectivity index (χ1) is 6.20. The maximum atomic E-state index is 5.18. The number of rotatable bonds is 0. The van der Waals surface area contributed by atoms with Crippen LogP contribution in [0.1, 0.15) is 0 Å². The smallest absolute Gasteiger partial charge is 0.106 e. The maximum Gasteiger partial charge on any atom is 0.106 e. The topological polar surface area (TPSA) is 4.93 Å². The van der Waals surface area contributed by atoms with Crippen LogP contribution in [0, 0.1) is 4.64 Å². The predicted molar refractivity (Wildman–Crippen MR) is 61.5 cm³/mol. The van der Waals surface area contributed by atoms with Crippen molar-refractivity contribution in [1.29, 1.82) is 0 Å². The number of fused-ring (bicyclic) bond motifs is 1. The fourth-order valence-corrected chi connectivity index (χ4v) is 2.21. The minimum absolute atomic E-state index is 0.847. The van der Waals surface area contributed by atoms with E-state index >= 15 is 0 Å². The molecule has 2 aromatic rings. The predicted octanol–water partition coefficient (Wildman–Crippen LogP) is 3.67. The standard InChI is InChI=1S/C10H8BrNS/c1-12-9(13)6-5-7-3-2-4-8(11)10(7)12/h2-6H,1H3. The Morgan fingerprint density at radius 1 is 1.23 bits per heavy atom. The molecule has 3 heteroatoms. The average Bonchev–Trinajstić information content (AvgIpc) is 2.12. The summed E-state index contributed by atoms with van der Waals surface area (Å²) in [7, 11) is 1.98. The van der Waals surface area contributed by atoms with Gasteiger partial charge >= 0.3 is 0 Å². The molecule has 0 aliphatic rings. The van der Waals surface area contributed by atoms with Crippen LogP contribution in [0.25, 0.3) is 10.9 Å². The third-order valence-electron chi connectivity index (χ3n) is 2.09. The van der Waals surface area contributed by atoms with Crippen molar-refractivity contribution in [3.8, 4) is 0 Å². The molecule has 0 bridgehead atoms. The molecule has 0 saturated carbocycles. The number of aryl methyl sites for hydroxylation is 1. The molecule has 66 valence electrons. The highest BCUT2D eigenvalue weighted by Gasteiger charge is 2.00. The van der Waals surface area contributed by atoms with Gasteiger partial charge in [-0.15, -0.1) is 0 Å². The summed E-state index contributed by atoms with van der Waals surface area (Å²) in [5, 5.41) is 1.20. The fraction of sp³-hybridized carbons (Fsp3) is 0.100. The van der Waals surface area contributed by atoms with Gasteiger partial charge in [0.2, 0.25) is 0 Å². The summed E-state index contributed by atoms with van der Waals surface area (Å²) in [6, 6.07) is 10.1. The van der Waals surface area contributed by atoms with Gasteiger partial charge in [-0.1, -0.05) is 24.4 Å². The zero-order valence-corrected chi connectivity index (χ0v) is 9.52. The molecule has 1 heterocycles. The third kappa shape index (κ3) is 1.42. The lowest BCUT2D eigenvalue weighted by Crippen LogP contribution is -1.94. The Morgan fingerprint density at radius 2 is 2.00 bits per heavy atom. The van der Waals surface area contributed by atoms with Crippen LogP contribution in [0.5, 0.6) is 0 Å². The van der Waals surface area contributed by atoms with Gasteiger partial charge in [-0.2, -0.15) is 0 Å². The van der Waals surface area contributed by atoms with Crippen LogP contribution in [-0.2, 0) is 7.05 Å². The highest BCUT2D eigenvalue weighted by molar-refractivity contribution is 9.10. The molecule has 0 spiro atoms. The summed E-state index contributed by atoms with van der Waals surface area (Å²) in [6.45, 7) is 0. The van der Waals surface area contributed by atoms with E-state index in [4.69, 9.17) is 12.2 Å². The van der Waals surface area contributed by atoms with E-state index < -0.39 is 0 Å². The summed E-state index contributed by atoms with van der Waals surface area (Å²) in [4.78, 5) is 0. The van der Waals surface area contributed by atoms with Crippen LogP contribution in [0.2, 0.25) is 0 Å². The van der Waals surface area contributed by atoms with E-state index in [1.165, 1.54) is 5.39 Å². The number of aromatic nitrogens is 1. The second kappa shape index (κ2) is 3.24. The van der Waals surface area contributed by atoms with Crippen LogP contribution in [0.4, 0.5) is 0 Å². The van der Waals surface area contributed by atoms with Crippen LogP contribution in [0.15, 0.2) is 34.8 Å². The molecular formula is C10H8BrNS. The number of benzene rings is 1. The Labute approximate surface area is 90.1 Å². The van der Waals surface area contributed by atoms with Crippen LogP contribution in [0.3, 0.4) is 0 Å². The normalized spacial score (nSPS) is 10.6. The highest BCUT2D eigenvalue weighted by Crippen LogP contribution is 2.23. The molecule has 1 aromatic heterocycles. The van der Waals surface area contributed by atoms with Crippen LogP contribution >= 0.6 is 28.1 Å². The Hall–Kier alpha value is -0.670. The monoisotopic (exact) mass is 253 g/mol. The van der Waals surface area contributed by atoms with Gasteiger partial charge in [-0.05, 0) is 39.5 Å². The minimum Gasteiger partial charge on any atom is -0.334 e. The maximum absolute atomic E-state index is 5.18. The summed E-state index contributed by atoms with van der Waals surface area (Å²) in [5.41, 5.74) is 1.15. The lowest BCUT2D eigenvalue weighted by atomic mass is 10.2. The summed E-state index contributed by atoms with van der Waals surface area (Å²) in [6.07, 6.45) is 0. The molecule has 0 unspecified atom stereocenters. The lowest BCUT2D eigenvalue weighted by molar-refractivity contribution is 0.933. The van der Waals surface area contributed by atoms with Crippen molar-refractivity contribution in [3.63, 3.8) is 0 Å². The molecule has 0 fully saturated rings. The van der Waals surface area contributed by atoms with E-state index in [0.717, 1.165) is 14.6 Å². The molecule has 0 aliphatic heterocycles. The number of hydrogen-bond donors (Lipinski definition) is 0. The van der Waals surface area contributed by atoms with E-state index in [2.05, 4.69) is 22.0 Å². The number of halogens is 1. The first kappa shape index (κ1) is 8.91. The molecule has 1 nitrogen and oxygen atoms in total. The van der Waals surface area contributed by atoms with Crippen molar-refractivity contribution in [2.24, 2.45) is 7.05 Å². The Kier molecular flexibility index (Phi) is 2.22. The zero-order chi connectivity index (χ0) is 9.42. The van der Waals surface area contributed by atoms with Crippen molar-refractivity contribution >= 4 is 39.1 Å². The highest BCUT2D eigenvalue weighted by atomic mass is 79.9. The fourth-order valence-electron chi connectivity index (χ4n) is 1.40. The van der Waals surface area contributed by atoms with E-state index in [1.807, 2.05) is 35.9 Å². The molecule has 1 aromatic carbocycles. The average molecular weight is 254 g/mol. The molecular weight excluding hydrogens is 246 g/mol. The van der Waals surface area contributed by atoms with Gasteiger partial charge in [-0.25, -0.2) is 0 Å². The summed E-state index contributed by atoms with van der Waals surface area (Å²) < 4.78 is 3.94. The van der Waals surface area contributed by atoms with Gasteiger partial charge in [0.05, 0.1) is 5.52 Å². The largest absolute Gasteiger partial charge is 0.334 e. The van der Waals surface area contributed by atoms with Gasteiger partial charge in [0.25, 0.3) is 0 Å². The van der Waals surface area contributed by atoms with Crippen molar-refractivity contribution in [1.82, 2.24) is 4.57 Å². The minimum atomic E-state index is 0.847. The first-order valence-corrected chi connectivity index (χ1v) is 5.14. The van der Waals surface area contributed by atoms with Crippen LogP contribution in [-0.4, -0.2) is 4.57 Å². The first-order valence-electron chi connectivity index (χ1n) is 3.94. The molecule has 0 saturated heterocycles. The molecule has 2 rings (SSSR count). The van der Waals surface area contributed by atoms with E-state index in [1.54, 1.807) is 0 Å². The van der Waals surface area contributed by atoms with Gasteiger partial charge in [0, 0.05) is 11.5 Å². The van der Waals surface area contributed by atoms with Crippen molar-refractivity contribution < 1.29 is 0 Å². The zero-order valence-electron chi connectivity index (χ0n) is 7.12. The SMILES string of the molecule is Cn1c(=S)ccc2cccc(Br)c21. The molecule has 0 N–H and O–H groups in total. The van der Waals surface area contributed by atoms with E-state index in [9.17, 15) is 0 Å². The Morgan fingerprint density at radius 3 is 2.77 bits per heavy atom. The van der Waals surface area contributed by atoms with E-state index in [-0.39, 0.29) is 0 Å². The van der Waals surface area contributed by atoms with Gasteiger partial charge in [0.15, 0.2) is 0 Å². The number of para-hydroxylation sites is 1. The molecule has 0 atom stereocenters. The molecule has 0 radical (unpaired) electrons. The van der Waals surface area contributed by atoms with Crippen molar-refractivity contribution in [3.05, 3.63) is 39.4 Å². The molecule has 0 amide bonds. The van der Waals surface area contributed by atoms with Gasteiger partial charge < -0.3 is 4.57 Å². The summed E-state index contributed by atoms with van der Waals surface area (Å²) in [5.74, 6) is 0. The Bertz CT molecular complexity index is 516. The molecule has 13 heavy (non-hydrogen) atoms. The lowest BCUT2D eigenvalue weighted by Gasteiger charge is -2.06. The number of nitrogens with zero attached hydrogens (tertiary/aromatic N) is 1. The van der Waals surface area contributed by atoms with Gasteiger partial charge in [-0.3, -0.25) is 0 Å². The quantitative estimate of drug-likeness (QED) is 0.649. The number of pyridine rings is 1. The third-order valence-corrected chi connectivity index (χ3v) is 3.14.